The summed E-state index contributed by atoms with van der Waals surface area (Å²) in [4.78, 5) is 3.20. The van der Waals surface area contributed by atoms with Gasteiger partial charge in [0.05, 0.1) is 19.4 Å². The van der Waals surface area contributed by atoms with Crippen LogP contribution in [-0.2, 0) is 19.5 Å². The first-order valence-corrected chi connectivity index (χ1v) is 5.26. The molecule has 0 N–H and O–H groups in total. The van der Waals surface area contributed by atoms with Crippen molar-refractivity contribution in [2.75, 3.05) is 7.11 Å². The van der Waals surface area contributed by atoms with Gasteiger partial charge >= 0.3 is 19.5 Å². The molecule has 0 aliphatic heterocycles. The van der Waals surface area contributed by atoms with Gasteiger partial charge < -0.3 is 4.74 Å². The first kappa shape index (κ1) is 16.0. The van der Waals surface area contributed by atoms with Crippen LogP contribution < -0.4 is 4.74 Å². The molecule has 18 heavy (non-hydrogen) atoms. The number of ether oxygens (including phenoxy) is 1. The Morgan fingerprint density at radius 3 is 1.78 bits per heavy atom. The Morgan fingerprint density at radius 1 is 1.06 bits per heavy atom. The van der Waals surface area contributed by atoms with Crippen LogP contribution in [0.25, 0.3) is 4.85 Å². The van der Waals surface area contributed by atoms with Crippen LogP contribution in [0.1, 0.15) is 0 Å². The quantitative estimate of drug-likeness (QED) is 0.751. The fraction of sp³-hybridized carbons (Fsp3) is 0.0714. The van der Waals surface area contributed by atoms with E-state index >= 15 is 0 Å². The zero-order valence-electron chi connectivity index (χ0n) is 9.72. The van der Waals surface area contributed by atoms with Crippen LogP contribution in [0.5, 0.6) is 5.75 Å². The fourth-order valence-corrected chi connectivity index (χ4v) is 0.960. The summed E-state index contributed by atoms with van der Waals surface area (Å²) in [5.41, 5.74) is 0.670. The van der Waals surface area contributed by atoms with Crippen LogP contribution in [0, 0.1) is 18.7 Å². The molecule has 2 rings (SSSR count). The van der Waals surface area contributed by atoms with Crippen LogP contribution in [-0.4, -0.2) is 7.11 Å². The average Bonchev–Trinajstić information content (AvgIpc) is 2.51. The summed E-state index contributed by atoms with van der Waals surface area (Å²) in [6.45, 7) is 6.55. The summed E-state index contributed by atoms with van der Waals surface area (Å²) in [6, 6.07) is 20.0. The van der Waals surface area contributed by atoms with E-state index in [0.717, 1.165) is 5.75 Å². The predicted octanol–water partition coefficient (Wildman–Crippen LogP) is 3.41. The molecule has 4 heteroatoms. The number of benzene rings is 2. The number of hydrogen-bond acceptors (Lipinski definition) is 2. The Morgan fingerprint density at radius 2 is 1.50 bits per heavy atom. The topological polar surface area (TPSA) is 30.7 Å². The summed E-state index contributed by atoms with van der Waals surface area (Å²) in [7, 11) is 1.65. The maximum absolute atomic E-state index is 7.94. The number of methoxy groups -OCH3 is 1. The fourth-order valence-electron chi connectivity index (χ4n) is 0.960. The van der Waals surface area contributed by atoms with Gasteiger partial charge in [0, 0.05) is 5.75 Å². The van der Waals surface area contributed by atoms with Crippen molar-refractivity contribution in [3.8, 4) is 5.75 Å². The second kappa shape index (κ2) is 11.5. The molecule has 2 aromatic rings. The average molecular weight is 284 g/mol. The molecule has 2 aromatic carbocycles. The van der Waals surface area contributed by atoms with E-state index in [0.29, 0.717) is 5.69 Å². The second-order valence-corrected chi connectivity index (χ2v) is 2.81. The van der Waals surface area contributed by atoms with E-state index in [1.165, 1.54) is 0 Å². The van der Waals surface area contributed by atoms with Crippen LogP contribution in [0.15, 0.2) is 48.5 Å². The molecule has 0 aromatic heterocycles. The third-order valence-corrected chi connectivity index (χ3v) is 1.75. The second-order valence-electron chi connectivity index (χ2n) is 2.81. The third kappa shape index (κ3) is 7.33. The summed E-state index contributed by atoms with van der Waals surface area (Å²) < 4.78 is 12.8. The Bertz CT molecular complexity index is 454. The monoisotopic (exact) mass is 284 g/mol. The molecule has 3 nitrogen and oxygen atoms in total. The number of hydrogen-bond donors (Lipinski definition) is 0. The van der Waals surface area contributed by atoms with Crippen LogP contribution >= 0.6 is 0 Å². The SMILES string of the molecule is COc1cc[c-]cc1.[C-]#[N+]c1cc[c-]cc1.[O]=[Co]. The van der Waals surface area contributed by atoms with Crippen molar-refractivity contribution in [3.63, 3.8) is 0 Å². The Labute approximate surface area is 115 Å². The van der Waals surface area contributed by atoms with Crippen molar-refractivity contribution in [1.82, 2.24) is 0 Å². The standard InChI is InChI=1S/C7H4N.C7H7O.Co.O/c2*1-8-7-5-3-2-4-6-7;;/h3-6H;3-6H,1H3;;/q2*-1;;. The van der Waals surface area contributed by atoms with E-state index in [9.17, 15) is 0 Å². The summed E-state index contributed by atoms with van der Waals surface area (Å²) in [6.07, 6.45) is 0. The molecule has 0 saturated heterocycles. The number of rotatable bonds is 1. The molecular weight excluding hydrogens is 273 g/mol. The van der Waals surface area contributed by atoms with Gasteiger partial charge in [-0.25, -0.2) is 0 Å². The Balaban J connectivity index is 0.000000283. The zero-order chi connectivity index (χ0) is 13.6. The molecule has 0 saturated carbocycles. The molecule has 0 fully saturated rings. The zero-order valence-corrected chi connectivity index (χ0v) is 10.8. The van der Waals surface area contributed by atoms with Crippen LogP contribution in [0.3, 0.4) is 0 Å². The van der Waals surface area contributed by atoms with Crippen molar-refractivity contribution in [2.24, 2.45) is 0 Å². The molecular formula is C14H11CoNO2-2. The van der Waals surface area contributed by atoms with Gasteiger partial charge in [0.15, 0.2) is 0 Å². The van der Waals surface area contributed by atoms with E-state index in [1.807, 2.05) is 24.3 Å². The van der Waals surface area contributed by atoms with E-state index in [-0.39, 0.29) is 0 Å². The third-order valence-electron chi connectivity index (χ3n) is 1.75. The maximum atomic E-state index is 7.94. The predicted molar refractivity (Wildman–Crippen MR) is 64.1 cm³/mol. The molecule has 0 heterocycles. The van der Waals surface area contributed by atoms with Gasteiger partial charge in [-0.1, -0.05) is 0 Å². The van der Waals surface area contributed by atoms with Crippen molar-refractivity contribution < 1.29 is 24.3 Å². The molecule has 0 aliphatic rings. The van der Waals surface area contributed by atoms with Crippen LogP contribution in [0.4, 0.5) is 5.69 Å². The van der Waals surface area contributed by atoms with E-state index in [2.05, 4.69) is 32.6 Å². The molecule has 0 radical (unpaired) electrons. The minimum atomic E-state index is 0.670. The van der Waals surface area contributed by atoms with Crippen LogP contribution in [0.2, 0.25) is 0 Å². The molecule has 95 valence electrons. The Kier molecular flexibility index (Phi) is 10.3. The van der Waals surface area contributed by atoms with E-state index in [4.69, 9.17) is 15.2 Å². The van der Waals surface area contributed by atoms with Gasteiger partial charge in [-0.3, -0.25) is 4.85 Å². The summed E-state index contributed by atoms with van der Waals surface area (Å²) in [5, 5.41) is 0. The minimum absolute atomic E-state index is 0.670. The molecule has 0 atom stereocenters. The number of nitrogens with zero attached hydrogens (tertiary/aromatic N) is 1. The molecule has 0 unspecified atom stereocenters. The molecule has 0 spiro atoms. The van der Waals surface area contributed by atoms with Crippen molar-refractivity contribution in [2.45, 2.75) is 0 Å². The normalized spacial score (nSPS) is 7.61. The van der Waals surface area contributed by atoms with Gasteiger partial charge in [-0.15, -0.1) is 12.1 Å². The van der Waals surface area contributed by atoms with E-state index in [1.54, 1.807) is 31.4 Å². The van der Waals surface area contributed by atoms with Gasteiger partial charge in [0.1, 0.15) is 0 Å². The molecule has 0 aliphatic carbocycles. The summed E-state index contributed by atoms with van der Waals surface area (Å²) in [5.74, 6) is 0.878. The Hall–Kier alpha value is -1.96. The first-order chi connectivity index (χ1) is 8.86. The van der Waals surface area contributed by atoms with Gasteiger partial charge in [0.2, 0.25) is 0 Å². The summed E-state index contributed by atoms with van der Waals surface area (Å²) >= 11 is 2.31. The van der Waals surface area contributed by atoms with Crippen molar-refractivity contribution >= 4 is 5.69 Å². The van der Waals surface area contributed by atoms with Gasteiger partial charge in [-0.05, 0) is 0 Å². The molecule has 0 bridgehead atoms. The van der Waals surface area contributed by atoms with Gasteiger partial charge in [0.25, 0.3) is 0 Å². The van der Waals surface area contributed by atoms with Crippen molar-refractivity contribution in [1.29, 1.82) is 0 Å². The van der Waals surface area contributed by atoms with E-state index < -0.39 is 0 Å². The van der Waals surface area contributed by atoms with Crippen molar-refractivity contribution in [3.05, 3.63) is 72.1 Å². The molecule has 0 amide bonds. The first-order valence-electron chi connectivity index (χ1n) is 4.84. The van der Waals surface area contributed by atoms with Gasteiger partial charge in [-0.2, -0.15) is 48.5 Å².